The number of piperidine rings is 2. The molecule has 0 aliphatic carbocycles. The first-order valence-corrected chi connectivity index (χ1v) is 16.1. The molecule has 2 aromatic heterocycles. The number of carboxylic acid groups (broad SMARTS) is 1. The topological polar surface area (TPSA) is 177 Å². The van der Waals surface area contributed by atoms with Gasteiger partial charge >= 0.3 is 24.1 Å². The normalized spacial score (nSPS) is 16.0. The van der Waals surface area contributed by atoms with E-state index in [-0.39, 0.29) is 30.1 Å². The van der Waals surface area contributed by atoms with E-state index in [1.807, 2.05) is 41.5 Å². The van der Waals surface area contributed by atoms with Crippen molar-refractivity contribution < 1.29 is 48.0 Å². The first-order chi connectivity index (χ1) is 22.3. The van der Waals surface area contributed by atoms with Gasteiger partial charge in [0.05, 0.1) is 6.61 Å². The highest BCUT2D eigenvalue weighted by atomic mass is 16.6. The average Bonchev–Trinajstić information content (AvgIpc) is 3.53. The number of carbonyl (C=O) groups is 4. The minimum Gasteiger partial charge on any atom is -0.477 e. The van der Waals surface area contributed by atoms with Crippen molar-refractivity contribution in [2.75, 3.05) is 32.8 Å². The van der Waals surface area contributed by atoms with Gasteiger partial charge in [-0.3, -0.25) is 9.36 Å². The lowest BCUT2D eigenvalue weighted by Gasteiger charge is -2.33. The number of carboxylic acids is 1. The molecule has 48 heavy (non-hydrogen) atoms. The number of rotatable bonds is 7. The fourth-order valence-corrected chi connectivity index (χ4v) is 4.90. The average molecular weight is 679 g/mol. The molecule has 0 radical (unpaired) electrons. The third-order valence-corrected chi connectivity index (χ3v) is 7.18. The molecule has 2 aromatic rings. The molecule has 2 fully saturated rings. The number of carbonyl (C=O) groups excluding carboxylic acids is 3. The number of hydrogen-bond donors (Lipinski definition) is 1. The first kappa shape index (κ1) is 38.0. The summed E-state index contributed by atoms with van der Waals surface area (Å²) in [5.74, 6) is -0.788. The van der Waals surface area contributed by atoms with E-state index in [0.29, 0.717) is 75.9 Å². The Bertz CT molecular complexity index is 1410. The third-order valence-electron chi connectivity index (χ3n) is 7.18. The van der Waals surface area contributed by atoms with Crippen LogP contribution in [0.5, 0.6) is 11.8 Å². The van der Waals surface area contributed by atoms with E-state index >= 15 is 0 Å². The largest absolute Gasteiger partial charge is 0.477 e. The Morgan fingerprint density at radius 2 is 1.10 bits per heavy atom. The second kappa shape index (κ2) is 16.1. The maximum absolute atomic E-state index is 12.1. The van der Waals surface area contributed by atoms with Crippen molar-refractivity contribution in [3.63, 3.8) is 0 Å². The smallest absolute Gasteiger partial charge is 0.410 e. The molecule has 0 saturated carbocycles. The van der Waals surface area contributed by atoms with Gasteiger partial charge < -0.3 is 38.6 Å². The zero-order valence-electron chi connectivity index (χ0n) is 29.5. The number of aromatic carboxylic acids is 1. The Hall–Kier alpha value is -4.50. The summed E-state index contributed by atoms with van der Waals surface area (Å²) in [6.45, 7) is 15.3. The highest BCUT2D eigenvalue weighted by molar-refractivity contribution is 5.88. The summed E-state index contributed by atoms with van der Waals surface area (Å²) in [6.07, 6.45) is 1.91. The molecule has 16 heteroatoms. The lowest BCUT2D eigenvalue weighted by molar-refractivity contribution is 0.0111. The van der Waals surface area contributed by atoms with Crippen molar-refractivity contribution in [3.05, 3.63) is 23.5 Å². The van der Waals surface area contributed by atoms with Gasteiger partial charge in [0.25, 0.3) is 0 Å². The number of ether oxygens (including phenoxy) is 5. The van der Waals surface area contributed by atoms with E-state index in [0.717, 1.165) is 0 Å². The Morgan fingerprint density at radius 1 is 0.729 bits per heavy atom. The molecule has 0 spiro atoms. The molecule has 2 amide bonds. The van der Waals surface area contributed by atoms with E-state index < -0.39 is 23.1 Å². The van der Waals surface area contributed by atoms with Crippen LogP contribution in [0, 0.1) is 0 Å². The van der Waals surface area contributed by atoms with Crippen LogP contribution in [0.2, 0.25) is 0 Å². The summed E-state index contributed by atoms with van der Waals surface area (Å²) in [5, 5.41) is 17.2. The number of amides is 2. The summed E-state index contributed by atoms with van der Waals surface area (Å²) in [5.41, 5.74) is -0.581. The second-order valence-electron chi connectivity index (χ2n) is 13.6. The number of nitrogens with zero attached hydrogens (tertiary/aromatic N) is 6. The highest BCUT2D eigenvalue weighted by Gasteiger charge is 2.30. The van der Waals surface area contributed by atoms with Crippen LogP contribution in [0.4, 0.5) is 9.59 Å². The first-order valence-electron chi connectivity index (χ1n) is 16.1. The van der Waals surface area contributed by atoms with Crippen LogP contribution in [0.3, 0.4) is 0 Å². The number of aryl methyl sites for hydroxylation is 2. The molecule has 268 valence electrons. The minimum absolute atomic E-state index is 0.0522. The number of likely N-dealkylation sites (tertiary alicyclic amines) is 2. The lowest BCUT2D eigenvalue weighted by atomic mass is 10.1. The van der Waals surface area contributed by atoms with Crippen LogP contribution >= 0.6 is 0 Å². The second-order valence-corrected chi connectivity index (χ2v) is 13.6. The molecule has 0 unspecified atom stereocenters. The molecule has 0 bridgehead atoms. The van der Waals surface area contributed by atoms with Crippen molar-refractivity contribution >= 4 is 24.1 Å². The summed E-state index contributed by atoms with van der Waals surface area (Å²) in [6, 6.07) is 2.99. The monoisotopic (exact) mass is 678 g/mol. The Kier molecular flexibility index (Phi) is 12.7. The molecule has 0 aromatic carbocycles. The summed E-state index contributed by atoms with van der Waals surface area (Å²) in [7, 11) is 3.23. The number of aromatic nitrogens is 4. The summed E-state index contributed by atoms with van der Waals surface area (Å²) >= 11 is 0. The Balaban J connectivity index is 0.000000261. The standard InChI is InChI=1S/C17H27N3O5.C15H23N3O5/c1-6-23-15(21)13-11-14(18-19(13)5)24-12-7-9-20(10-8-12)16(22)25-17(2,3)4;1-15(2,3)23-14(21)18-7-5-10(6-8-18)22-12-9-11(13(19)20)17(4)16-12/h11-12H,6-10H2,1-5H3;9-10H,5-8H2,1-4H3,(H,19,20). The van der Waals surface area contributed by atoms with Gasteiger partial charge in [-0.15, -0.1) is 10.2 Å². The highest BCUT2D eigenvalue weighted by Crippen LogP contribution is 2.22. The van der Waals surface area contributed by atoms with Gasteiger partial charge in [0.2, 0.25) is 11.8 Å². The van der Waals surface area contributed by atoms with Crippen molar-refractivity contribution in [2.24, 2.45) is 14.1 Å². The van der Waals surface area contributed by atoms with Crippen LogP contribution in [0.15, 0.2) is 12.1 Å². The van der Waals surface area contributed by atoms with Crippen LogP contribution in [0.1, 0.15) is 95.1 Å². The van der Waals surface area contributed by atoms with Crippen molar-refractivity contribution in [1.82, 2.24) is 29.4 Å². The van der Waals surface area contributed by atoms with Gasteiger partial charge in [0, 0.05) is 78.1 Å². The maximum atomic E-state index is 12.1. The van der Waals surface area contributed by atoms with E-state index in [1.165, 1.54) is 15.4 Å². The van der Waals surface area contributed by atoms with E-state index in [9.17, 15) is 19.2 Å². The molecule has 4 rings (SSSR count). The van der Waals surface area contributed by atoms with Crippen molar-refractivity contribution in [3.8, 4) is 11.8 Å². The zero-order chi connectivity index (χ0) is 35.8. The van der Waals surface area contributed by atoms with E-state index in [4.69, 9.17) is 28.8 Å². The predicted molar refractivity (Wildman–Crippen MR) is 172 cm³/mol. The van der Waals surface area contributed by atoms with E-state index in [1.54, 1.807) is 36.9 Å². The minimum atomic E-state index is -1.05. The number of esters is 1. The van der Waals surface area contributed by atoms with Crippen LogP contribution < -0.4 is 9.47 Å². The van der Waals surface area contributed by atoms with Gasteiger partial charge in [-0.25, -0.2) is 19.2 Å². The van der Waals surface area contributed by atoms with Gasteiger partial charge in [0.1, 0.15) is 34.8 Å². The summed E-state index contributed by atoms with van der Waals surface area (Å²) < 4.78 is 30.0. The van der Waals surface area contributed by atoms with Crippen LogP contribution in [-0.4, -0.2) is 115 Å². The van der Waals surface area contributed by atoms with Gasteiger partial charge in [0.15, 0.2) is 0 Å². The van der Waals surface area contributed by atoms with E-state index in [2.05, 4.69) is 10.2 Å². The SMILES string of the molecule is CCOC(=O)c1cc(OC2CCN(C(=O)OC(C)(C)C)CC2)nn1C.Cn1nc(OC2CCN(C(=O)OC(C)(C)C)CC2)cc1C(=O)O. The summed E-state index contributed by atoms with van der Waals surface area (Å²) in [4.78, 5) is 50.2. The fourth-order valence-electron chi connectivity index (χ4n) is 4.90. The molecule has 1 N–H and O–H groups in total. The Labute approximate surface area is 281 Å². The number of hydrogen-bond acceptors (Lipinski definition) is 11. The maximum Gasteiger partial charge on any atom is 0.410 e. The lowest BCUT2D eigenvalue weighted by Crippen LogP contribution is -2.44. The van der Waals surface area contributed by atoms with Gasteiger partial charge in [-0.1, -0.05) is 0 Å². The molecule has 0 atom stereocenters. The molecule has 2 aliphatic heterocycles. The fraction of sp³-hybridized carbons (Fsp3) is 0.688. The molecular formula is C32H50N6O10. The quantitative estimate of drug-likeness (QED) is 0.326. The van der Waals surface area contributed by atoms with Crippen molar-refractivity contribution in [1.29, 1.82) is 0 Å². The molecule has 4 heterocycles. The van der Waals surface area contributed by atoms with Crippen LogP contribution in [-0.2, 0) is 28.3 Å². The van der Waals surface area contributed by atoms with Crippen LogP contribution in [0.25, 0.3) is 0 Å². The predicted octanol–water partition coefficient (Wildman–Crippen LogP) is 4.27. The molecule has 2 aliphatic rings. The van der Waals surface area contributed by atoms with Crippen molar-refractivity contribution in [2.45, 2.75) is 97.6 Å². The van der Waals surface area contributed by atoms with Gasteiger partial charge in [-0.2, -0.15) is 0 Å². The zero-order valence-corrected chi connectivity index (χ0v) is 29.5. The third kappa shape index (κ3) is 11.6. The molecule has 2 saturated heterocycles. The van der Waals surface area contributed by atoms with Gasteiger partial charge in [-0.05, 0) is 48.5 Å². The molecular weight excluding hydrogens is 628 g/mol. The Morgan fingerprint density at radius 3 is 1.44 bits per heavy atom. The molecule has 16 nitrogen and oxygen atoms in total.